The Labute approximate surface area is 178 Å². The Balaban J connectivity index is 1.38. The van der Waals surface area contributed by atoms with Gasteiger partial charge in [-0.2, -0.15) is 10.4 Å². The highest BCUT2D eigenvalue weighted by molar-refractivity contribution is 5.62. The van der Waals surface area contributed by atoms with E-state index in [0.29, 0.717) is 31.0 Å². The second-order valence-corrected chi connectivity index (χ2v) is 8.55. The quantitative estimate of drug-likeness (QED) is 0.601. The van der Waals surface area contributed by atoms with Crippen molar-refractivity contribution in [2.24, 2.45) is 0 Å². The normalized spacial score (nSPS) is 23.4. The molecule has 5 heteroatoms. The third-order valence-electron chi connectivity index (χ3n) is 6.75. The third kappa shape index (κ3) is 3.76. The topological polar surface area (TPSA) is 57.7 Å². The molecule has 2 aliphatic rings. The number of aryl methyl sites for hydroxylation is 1. The van der Waals surface area contributed by atoms with E-state index in [-0.39, 0.29) is 0 Å². The van der Waals surface area contributed by atoms with Gasteiger partial charge in [0.1, 0.15) is 0 Å². The largest absolute Gasteiger partial charge is 0.293 e. The number of rotatable bonds is 6. The van der Waals surface area contributed by atoms with Crippen molar-refractivity contribution in [2.75, 3.05) is 0 Å². The van der Waals surface area contributed by atoms with Crippen LogP contribution in [0.2, 0.25) is 0 Å². The summed E-state index contributed by atoms with van der Waals surface area (Å²) in [6.45, 7) is 1.57. The number of hydrogen-bond donors (Lipinski definition) is 0. The molecule has 3 atom stereocenters. The van der Waals surface area contributed by atoms with Gasteiger partial charge in [-0.25, -0.2) is 0 Å². The molecular formula is C25H27N5. The Morgan fingerprint density at radius 3 is 2.43 bits per heavy atom. The molecule has 5 nitrogen and oxygen atoms in total. The number of pyridine rings is 1. The van der Waals surface area contributed by atoms with Crippen LogP contribution < -0.4 is 0 Å². The van der Waals surface area contributed by atoms with Gasteiger partial charge in [0.15, 0.2) is 0 Å². The van der Waals surface area contributed by atoms with E-state index in [1.165, 1.54) is 36.8 Å². The van der Waals surface area contributed by atoms with Crippen molar-refractivity contribution in [1.29, 1.82) is 5.26 Å². The van der Waals surface area contributed by atoms with Gasteiger partial charge in [0.2, 0.25) is 0 Å². The first-order valence-corrected chi connectivity index (χ1v) is 11.0. The van der Waals surface area contributed by atoms with Gasteiger partial charge in [-0.1, -0.05) is 30.3 Å². The van der Waals surface area contributed by atoms with Crippen LogP contribution in [0, 0.1) is 11.3 Å². The lowest BCUT2D eigenvalue weighted by atomic mass is 9.85. The molecule has 1 aromatic carbocycles. The van der Waals surface area contributed by atoms with Crippen LogP contribution in [0.25, 0.3) is 11.3 Å². The fraction of sp³-hybridized carbons (Fsp3) is 0.400. The van der Waals surface area contributed by atoms with Crippen LogP contribution in [-0.4, -0.2) is 31.7 Å². The van der Waals surface area contributed by atoms with E-state index in [4.69, 9.17) is 10.4 Å². The molecule has 0 radical (unpaired) electrons. The predicted octanol–water partition coefficient (Wildman–Crippen LogP) is 4.77. The van der Waals surface area contributed by atoms with Crippen LogP contribution >= 0.6 is 0 Å². The first kappa shape index (κ1) is 19.0. The predicted molar refractivity (Wildman–Crippen MR) is 116 cm³/mol. The van der Waals surface area contributed by atoms with E-state index < -0.39 is 0 Å². The molecular weight excluding hydrogens is 370 g/mol. The molecule has 0 aliphatic carbocycles. The Kier molecular flexibility index (Phi) is 5.33. The van der Waals surface area contributed by atoms with Crippen LogP contribution in [0.4, 0.5) is 0 Å². The summed E-state index contributed by atoms with van der Waals surface area (Å²) in [6.07, 6.45) is 11.3. The summed E-state index contributed by atoms with van der Waals surface area (Å²) in [4.78, 5) is 6.87. The summed E-state index contributed by atoms with van der Waals surface area (Å²) in [6, 6.07) is 18.6. The lowest BCUT2D eigenvalue weighted by Gasteiger charge is -2.39. The van der Waals surface area contributed by atoms with E-state index in [2.05, 4.69) is 52.5 Å². The lowest BCUT2D eigenvalue weighted by Crippen LogP contribution is -2.41. The van der Waals surface area contributed by atoms with Crippen LogP contribution in [-0.2, 0) is 13.1 Å². The highest BCUT2D eigenvalue weighted by Crippen LogP contribution is 2.44. The molecule has 2 fully saturated rings. The second-order valence-electron chi connectivity index (χ2n) is 8.55. The van der Waals surface area contributed by atoms with Crippen LogP contribution in [0.15, 0.2) is 61.1 Å². The van der Waals surface area contributed by atoms with Crippen molar-refractivity contribution in [3.8, 4) is 17.3 Å². The molecule has 0 spiro atoms. The summed E-state index contributed by atoms with van der Waals surface area (Å²) in [5.74, 6) is 0.679. The Hall–Kier alpha value is -2.97. The van der Waals surface area contributed by atoms with E-state index >= 15 is 0 Å². The smallest absolute Gasteiger partial charge is 0.0969 e. The fourth-order valence-corrected chi connectivity index (χ4v) is 5.34. The first-order valence-electron chi connectivity index (χ1n) is 11.0. The number of aromatic nitrogens is 3. The first-order chi connectivity index (χ1) is 14.8. The van der Waals surface area contributed by atoms with E-state index in [0.717, 1.165) is 17.8 Å². The molecule has 2 aromatic heterocycles. The lowest BCUT2D eigenvalue weighted by molar-refractivity contribution is 0.119. The number of nitriles is 1. The van der Waals surface area contributed by atoms with Gasteiger partial charge in [0.25, 0.3) is 0 Å². The number of nitrogens with zero attached hydrogens (tertiary/aromatic N) is 5. The molecule has 0 saturated carbocycles. The van der Waals surface area contributed by atoms with Crippen LogP contribution in [0.1, 0.15) is 49.1 Å². The van der Waals surface area contributed by atoms with Crippen molar-refractivity contribution in [3.05, 3.63) is 72.2 Å². The van der Waals surface area contributed by atoms with Crippen LogP contribution in [0.5, 0.6) is 0 Å². The second kappa shape index (κ2) is 8.41. The van der Waals surface area contributed by atoms with E-state index in [1.54, 1.807) is 0 Å². The van der Waals surface area contributed by atoms with Gasteiger partial charge < -0.3 is 0 Å². The third-order valence-corrected chi connectivity index (χ3v) is 6.75. The monoisotopic (exact) mass is 397 g/mol. The molecule has 30 heavy (non-hydrogen) atoms. The molecule has 2 aliphatic heterocycles. The summed E-state index contributed by atoms with van der Waals surface area (Å²) in [7, 11) is 0. The number of piperidine rings is 1. The molecule has 2 saturated heterocycles. The SMILES string of the molecule is N#CCCn1cc(CN2[C@@H]3CC[C@H]2CC(c2ccccc2)C3)c(-c2ccncc2)n1. The zero-order valence-corrected chi connectivity index (χ0v) is 17.2. The van der Waals surface area contributed by atoms with Gasteiger partial charge >= 0.3 is 0 Å². The molecule has 4 heterocycles. The van der Waals surface area contributed by atoms with Gasteiger partial charge in [-0.15, -0.1) is 0 Å². The van der Waals surface area contributed by atoms with Crippen LogP contribution in [0.3, 0.4) is 0 Å². The molecule has 0 N–H and O–H groups in total. The molecule has 2 bridgehead atoms. The van der Waals surface area contributed by atoms with Crippen molar-refractivity contribution in [2.45, 2.75) is 63.2 Å². The van der Waals surface area contributed by atoms with Crippen molar-refractivity contribution in [3.63, 3.8) is 0 Å². The highest BCUT2D eigenvalue weighted by atomic mass is 15.3. The molecule has 5 rings (SSSR count). The van der Waals surface area contributed by atoms with Gasteiger partial charge in [-0.3, -0.25) is 14.6 Å². The minimum atomic E-state index is 0.477. The zero-order chi connectivity index (χ0) is 20.3. The molecule has 0 amide bonds. The number of fused-ring (bicyclic) bond motifs is 2. The Morgan fingerprint density at radius 1 is 1.00 bits per heavy atom. The maximum Gasteiger partial charge on any atom is 0.0969 e. The molecule has 3 aromatic rings. The van der Waals surface area contributed by atoms with Crippen molar-refractivity contribution < 1.29 is 0 Å². The van der Waals surface area contributed by atoms with Gasteiger partial charge in [-0.05, 0) is 49.3 Å². The summed E-state index contributed by atoms with van der Waals surface area (Å²) in [5.41, 5.74) is 4.88. The zero-order valence-electron chi connectivity index (χ0n) is 17.2. The molecule has 1 unspecified atom stereocenters. The maximum atomic E-state index is 8.97. The average molecular weight is 398 g/mol. The summed E-state index contributed by atoms with van der Waals surface area (Å²) < 4.78 is 1.94. The van der Waals surface area contributed by atoms with E-state index in [1.807, 2.05) is 29.2 Å². The average Bonchev–Trinajstić information content (AvgIpc) is 3.29. The minimum absolute atomic E-state index is 0.477. The number of benzene rings is 1. The Morgan fingerprint density at radius 2 is 1.73 bits per heavy atom. The van der Waals surface area contributed by atoms with Crippen molar-refractivity contribution in [1.82, 2.24) is 19.7 Å². The van der Waals surface area contributed by atoms with Gasteiger partial charge in [0, 0.05) is 48.3 Å². The van der Waals surface area contributed by atoms with Crippen molar-refractivity contribution >= 4 is 0 Å². The fourth-order valence-electron chi connectivity index (χ4n) is 5.34. The summed E-state index contributed by atoms with van der Waals surface area (Å²) in [5, 5.41) is 13.8. The van der Waals surface area contributed by atoms with Gasteiger partial charge in [0.05, 0.1) is 24.7 Å². The Bertz CT molecular complexity index is 1010. The highest BCUT2D eigenvalue weighted by Gasteiger charge is 2.41. The minimum Gasteiger partial charge on any atom is -0.293 e. The maximum absolute atomic E-state index is 8.97. The molecule has 152 valence electrons. The number of hydrogen-bond acceptors (Lipinski definition) is 4. The van der Waals surface area contributed by atoms with E-state index in [9.17, 15) is 0 Å². The summed E-state index contributed by atoms with van der Waals surface area (Å²) >= 11 is 0. The standard InChI is InChI=1S/C25H27N5/c26-11-4-14-29-17-22(25(28-29)20-9-12-27-13-10-20)18-30-23-7-8-24(30)16-21(15-23)19-5-2-1-3-6-19/h1-3,5-6,9-10,12-13,17,21,23-24H,4,7-8,14-16,18H2/t21?,23-,24+.